The van der Waals surface area contributed by atoms with Crippen LogP contribution in [0.3, 0.4) is 0 Å². The van der Waals surface area contributed by atoms with E-state index in [1.165, 1.54) is 44.5 Å². The van der Waals surface area contributed by atoms with Gasteiger partial charge in [0.15, 0.2) is 0 Å². The zero-order valence-corrected chi connectivity index (χ0v) is 13.1. The molecule has 0 aromatic carbocycles. The fourth-order valence-electron chi connectivity index (χ4n) is 4.20. The molecule has 1 saturated heterocycles. The molecule has 18 heavy (non-hydrogen) atoms. The maximum absolute atomic E-state index is 6.29. The Bertz CT molecular complexity index is 269. The van der Waals surface area contributed by atoms with Crippen LogP contribution in [0.25, 0.3) is 0 Å². The van der Waals surface area contributed by atoms with Crippen LogP contribution in [0.2, 0.25) is 0 Å². The van der Waals surface area contributed by atoms with Crippen molar-refractivity contribution in [2.75, 3.05) is 25.4 Å². The number of nitrogens with zero attached hydrogens (tertiary/aromatic N) is 1. The molecule has 2 rings (SSSR count). The summed E-state index contributed by atoms with van der Waals surface area (Å²) in [6.07, 6.45) is 5.48. The molecule has 0 radical (unpaired) electrons. The highest BCUT2D eigenvalue weighted by Crippen LogP contribution is 2.43. The number of rotatable bonds is 3. The highest BCUT2D eigenvalue weighted by molar-refractivity contribution is 7.99. The summed E-state index contributed by atoms with van der Waals surface area (Å²) in [6, 6.07) is 0. The van der Waals surface area contributed by atoms with Crippen LogP contribution in [0, 0.1) is 11.8 Å². The minimum Gasteiger partial charge on any atom is -0.329 e. The van der Waals surface area contributed by atoms with Crippen molar-refractivity contribution in [2.45, 2.75) is 57.2 Å². The Morgan fingerprint density at radius 2 is 2.17 bits per heavy atom. The highest BCUT2D eigenvalue weighted by Gasteiger charge is 2.46. The van der Waals surface area contributed by atoms with Gasteiger partial charge in [0.05, 0.1) is 0 Å². The smallest absolute Gasteiger partial charge is 0.0363 e. The second-order valence-corrected chi connectivity index (χ2v) is 8.08. The summed E-state index contributed by atoms with van der Waals surface area (Å²) in [5.41, 5.74) is 6.60. The molecule has 3 heteroatoms. The third-order valence-electron chi connectivity index (χ3n) is 5.09. The Morgan fingerprint density at radius 3 is 2.78 bits per heavy atom. The van der Waals surface area contributed by atoms with Gasteiger partial charge in [-0.05, 0) is 24.7 Å². The van der Waals surface area contributed by atoms with E-state index in [0.29, 0.717) is 5.54 Å². The van der Waals surface area contributed by atoms with Crippen LogP contribution in [0.5, 0.6) is 0 Å². The van der Waals surface area contributed by atoms with E-state index in [4.69, 9.17) is 5.73 Å². The summed E-state index contributed by atoms with van der Waals surface area (Å²) >= 11 is 2.12. The Balaban J connectivity index is 2.20. The van der Waals surface area contributed by atoms with Crippen molar-refractivity contribution in [3.8, 4) is 0 Å². The van der Waals surface area contributed by atoms with Gasteiger partial charge in [0.1, 0.15) is 0 Å². The lowest BCUT2D eigenvalue weighted by Gasteiger charge is -2.54. The first-order valence-electron chi connectivity index (χ1n) is 7.67. The van der Waals surface area contributed by atoms with Crippen molar-refractivity contribution in [1.29, 1.82) is 0 Å². The largest absolute Gasteiger partial charge is 0.329 e. The van der Waals surface area contributed by atoms with Crippen LogP contribution >= 0.6 is 11.8 Å². The molecule has 0 aromatic rings. The Kier molecular flexibility index (Phi) is 5.01. The predicted octanol–water partition coefficient (Wildman–Crippen LogP) is 2.97. The molecule has 2 fully saturated rings. The van der Waals surface area contributed by atoms with Crippen LogP contribution < -0.4 is 5.73 Å². The minimum atomic E-state index is 0.307. The summed E-state index contributed by atoms with van der Waals surface area (Å²) in [7, 11) is 0. The monoisotopic (exact) mass is 270 g/mol. The van der Waals surface area contributed by atoms with Crippen LogP contribution in [-0.4, -0.2) is 41.1 Å². The second kappa shape index (κ2) is 6.15. The Hall–Kier alpha value is 0.270. The van der Waals surface area contributed by atoms with Crippen LogP contribution in [0.4, 0.5) is 0 Å². The molecule has 0 amide bonds. The van der Waals surface area contributed by atoms with E-state index in [1.807, 2.05) is 0 Å². The molecule has 2 nitrogen and oxygen atoms in total. The van der Waals surface area contributed by atoms with Gasteiger partial charge in [0, 0.05) is 36.2 Å². The number of nitrogens with two attached hydrogens (primary N) is 1. The average Bonchev–Trinajstić information content (AvgIpc) is 2.38. The van der Waals surface area contributed by atoms with Gasteiger partial charge in [0.2, 0.25) is 0 Å². The van der Waals surface area contributed by atoms with Gasteiger partial charge < -0.3 is 5.73 Å². The molecule has 1 heterocycles. The molecule has 0 bridgehead atoms. The maximum atomic E-state index is 6.29. The zero-order valence-electron chi connectivity index (χ0n) is 12.3. The van der Waals surface area contributed by atoms with Gasteiger partial charge in [-0.15, -0.1) is 0 Å². The molecule has 2 aliphatic rings. The molecule has 106 valence electrons. The lowest BCUT2D eigenvalue weighted by atomic mass is 9.66. The Morgan fingerprint density at radius 1 is 1.39 bits per heavy atom. The lowest BCUT2D eigenvalue weighted by molar-refractivity contribution is -0.0111. The lowest BCUT2D eigenvalue weighted by Crippen LogP contribution is -2.63. The van der Waals surface area contributed by atoms with Crippen molar-refractivity contribution in [2.24, 2.45) is 17.6 Å². The van der Waals surface area contributed by atoms with E-state index >= 15 is 0 Å². The zero-order chi connectivity index (χ0) is 13.2. The summed E-state index contributed by atoms with van der Waals surface area (Å²) in [4.78, 5) is 2.76. The first-order chi connectivity index (χ1) is 8.60. The summed E-state index contributed by atoms with van der Waals surface area (Å²) in [5, 5.41) is 0.775. The van der Waals surface area contributed by atoms with Crippen molar-refractivity contribution in [3.05, 3.63) is 0 Å². The van der Waals surface area contributed by atoms with E-state index in [1.54, 1.807) is 0 Å². The number of thioether (sulfide) groups is 1. The van der Waals surface area contributed by atoms with Crippen LogP contribution in [-0.2, 0) is 0 Å². The van der Waals surface area contributed by atoms with Crippen molar-refractivity contribution in [1.82, 2.24) is 4.90 Å². The first kappa shape index (κ1) is 14.7. The molecule has 0 spiro atoms. The van der Waals surface area contributed by atoms with E-state index in [2.05, 4.69) is 37.4 Å². The maximum Gasteiger partial charge on any atom is 0.0363 e. The number of hydrogen-bond acceptors (Lipinski definition) is 3. The van der Waals surface area contributed by atoms with Crippen molar-refractivity contribution < 1.29 is 0 Å². The van der Waals surface area contributed by atoms with Gasteiger partial charge >= 0.3 is 0 Å². The summed E-state index contributed by atoms with van der Waals surface area (Å²) in [6.45, 7) is 10.5. The molecule has 1 aliphatic carbocycles. The van der Waals surface area contributed by atoms with E-state index in [9.17, 15) is 0 Å². The van der Waals surface area contributed by atoms with Crippen molar-refractivity contribution in [3.63, 3.8) is 0 Å². The molecule has 1 aliphatic heterocycles. The summed E-state index contributed by atoms with van der Waals surface area (Å²) < 4.78 is 0. The normalized spacial score (nSPS) is 39.2. The fourth-order valence-corrected chi connectivity index (χ4v) is 5.21. The van der Waals surface area contributed by atoms with Gasteiger partial charge in [-0.3, -0.25) is 4.90 Å². The third kappa shape index (κ3) is 2.73. The van der Waals surface area contributed by atoms with E-state index in [0.717, 1.165) is 23.6 Å². The van der Waals surface area contributed by atoms with Crippen LogP contribution in [0.15, 0.2) is 0 Å². The average molecular weight is 270 g/mol. The summed E-state index contributed by atoms with van der Waals surface area (Å²) in [5.74, 6) is 2.85. The van der Waals surface area contributed by atoms with Gasteiger partial charge in [-0.2, -0.15) is 11.8 Å². The van der Waals surface area contributed by atoms with Gasteiger partial charge in [-0.1, -0.05) is 33.6 Å². The molecule has 3 unspecified atom stereocenters. The van der Waals surface area contributed by atoms with E-state index in [-0.39, 0.29) is 0 Å². The third-order valence-corrected chi connectivity index (χ3v) is 6.23. The molecular formula is C15H30N2S. The molecular weight excluding hydrogens is 240 g/mol. The van der Waals surface area contributed by atoms with Crippen LogP contribution in [0.1, 0.15) is 46.5 Å². The quantitative estimate of drug-likeness (QED) is 0.855. The Labute approximate surface area is 117 Å². The molecule has 3 atom stereocenters. The predicted molar refractivity (Wildman–Crippen MR) is 82.1 cm³/mol. The standard InChI is InChI=1S/C15H30N2S/c1-12(2)14-6-4-5-7-15(14,11-16)17-8-9-18-13(3)10-17/h12-14H,4-11,16H2,1-3H3. The first-order valence-corrected chi connectivity index (χ1v) is 8.72. The van der Waals surface area contributed by atoms with Gasteiger partial charge in [-0.25, -0.2) is 0 Å². The number of hydrogen-bond donors (Lipinski definition) is 1. The highest BCUT2D eigenvalue weighted by atomic mass is 32.2. The fraction of sp³-hybridized carbons (Fsp3) is 1.00. The van der Waals surface area contributed by atoms with Gasteiger partial charge in [0.25, 0.3) is 0 Å². The SMILES string of the molecule is CC1CN(C2(CN)CCCCC2C(C)C)CCS1. The minimum absolute atomic E-state index is 0.307. The molecule has 1 saturated carbocycles. The molecule has 2 N–H and O–H groups in total. The van der Waals surface area contributed by atoms with E-state index < -0.39 is 0 Å². The second-order valence-electron chi connectivity index (χ2n) is 6.53. The van der Waals surface area contributed by atoms with Crippen molar-refractivity contribution >= 4 is 11.8 Å². The molecule has 0 aromatic heterocycles. The topological polar surface area (TPSA) is 29.3 Å².